The van der Waals surface area contributed by atoms with Gasteiger partial charge in [0.1, 0.15) is 5.76 Å². The summed E-state index contributed by atoms with van der Waals surface area (Å²) < 4.78 is 5.20. The van der Waals surface area contributed by atoms with Crippen molar-refractivity contribution in [2.45, 2.75) is 32.1 Å². The van der Waals surface area contributed by atoms with Crippen LogP contribution in [0.4, 0.5) is 0 Å². The van der Waals surface area contributed by atoms with Crippen LogP contribution in [-0.4, -0.2) is 53.8 Å². The predicted octanol–water partition coefficient (Wildman–Crippen LogP) is 3.02. The summed E-state index contributed by atoms with van der Waals surface area (Å²) in [7, 11) is 0. The van der Waals surface area contributed by atoms with E-state index in [2.05, 4.69) is 56.1 Å². The van der Waals surface area contributed by atoms with Crippen molar-refractivity contribution in [1.29, 1.82) is 0 Å². The molecule has 2 amide bonds. The van der Waals surface area contributed by atoms with Gasteiger partial charge in [-0.25, -0.2) is 0 Å². The molecule has 3 aromatic rings. The number of nitrogens with one attached hydrogen (secondary N) is 2. The normalized spacial score (nSPS) is 16.8. The number of rotatable bonds is 8. The first-order chi connectivity index (χ1) is 16.1. The third-order valence-corrected chi connectivity index (χ3v) is 6.87. The SMILES string of the molecule is C[C@H](NC(=O)C(=O)NCc1ccco1)[C@H](c1cccs1)N1CCN(Cc2ccccc2)CC1. The lowest BCUT2D eigenvalue weighted by Crippen LogP contribution is -2.53. The Bertz CT molecular complexity index is 1000. The monoisotopic (exact) mass is 466 g/mol. The molecule has 33 heavy (non-hydrogen) atoms. The van der Waals surface area contributed by atoms with Crippen molar-refractivity contribution in [3.8, 4) is 0 Å². The number of nitrogens with zero attached hydrogens (tertiary/aromatic N) is 2. The smallest absolute Gasteiger partial charge is 0.309 e. The second-order valence-electron chi connectivity index (χ2n) is 8.28. The lowest BCUT2D eigenvalue weighted by molar-refractivity contribution is -0.140. The van der Waals surface area contributed by atoms with Gasteiger partial charge in [-0.05, 0) is 36.1 Å². The van der Waals surface area contributed by atoms with Gasteiger partial charge in [-0.15, -0.1) is 11.3 Å². The number of benzene rings is 1. The van der Waals surface area contributed by atoms with E-state index in [1.54, 1.807) is 23.5 Å². The van der Waals surface area contributed by atoms with E-state index in [1.807, 2.05) is 19.1 Å². The molecule has 0 saturated carbocycles. The summed E-state index contributed by atoms with van der Waals surface area (Å²) in [6, 6.07) is 18.0. The molecule has 7 nitrogen and oxygen atoms in total. The fourth-order valence-electron chi connectivity index (χ4n) is 4.26. The average Bonchev–Trinajstić information content (AvgIpc) is 3.54. The zero-order valence-corrected chi connectivity index (χ0v) is 19.6. The van der Waals surface area contributed by atoms with Gasteiger partial charge in [0, 0.05) is 43.6 Å². The van der Waals surface area contributed by atoms with Gasteiger partial charge < -0.3 is 15.1 Å². The van der Waals surface area contributed by atoms with Crippen molar-refractivity contribution in [3.63, 3.8) is 0 Å². The minimum atomic E-state index is -0.657. The fourth-order valence-corrected chi connectivity index (χ4v) is 5.22. The second-order valence-corrected chi connectivity index (χ2v) is 9.26. The lowest BCUT2D eigenvalue weighted by atomic mass is 10.0. The van der Waals surface area contributed by atoms with Gasteiger partial charge in [0.2, 0.25) is 0 Å². The van der Waals surface area contributed by atoms with E-state index < -0.39 is 11.8 Å². The van der Waals surface area contributed by atoms with Crippen molar-refractivity contribution in [1.82, 2.24) is 20.4 Å². The molecule has 1 fully saturated rings. The first-order valence-electron chi connectivity index (χ1n) is 11.2. The van der Waals surface area contributed by atoms with Gasteiger partial charge >= 0.3 is 11.8 Å². The summed E-state index contributed by atoms with van der Waals surface area (Å²) in [4.78, 5) is 30.9. The Morgan fingerprint density at radius 2 is 1.79 bits per heavy atom. The van der Waals surface area contributed by atoms with Gasteiger partial charge in [0.15, 0.2) is 0 Å². The van der Waals surface area contributed by atoms with E-state index in [-0.39, 0.29) is 18.6 Å². The highest BCUT2D eigenvalue weighted by molar-refractivity contribution is 7.10. The topological polar surface area (TPSA) is 77.8 Å². The molecule has 2 atom stereocenters. The van der Waals surface area contributed by atoms with Crippen molar-refractivity contribution in [3.05, 3.63) is 82.4 Å². The van der Waals surface area contributed by atoms with E-state index >= 15 is 0 Å². The molecular weight excluding hydrogens is 436 g/mol. The molecule has 0 radical (unpaired) electrons. The van der Waals surface area contributed by atoms with Gasteiger partial charge in [-0.1, -0.05) is 36.4 Å². The van der Waals surface area contributed by atoms with E-state index in [1.165, 1.54) is 16.7 Å². The third-order valence-electron chi connectivity index (χ3n) is 5.93. The van der Waals surface area contributed by atoms with Crippen molar-refractivity contribution >= 4 is 23.2 Å². The maximum absolute atomic E-state index is 12.5. The number of hydrogen-bond donors (Lipinski definition) is 2. The van der Waals surface area contributed by atoms with Gasteiger partial charge in [-0.2, -0.15) is 0 Å². The average molecular weight is 467 g/mol. The molecule has 0 unspecified atom stereocenters. The first kappa shape index (κ1) is 23.2. The highest BCUT2D eigenvalue weighted by Crippen LogP contribution is 2.29. The van der Waals surface area contributed by atoms with Crippen LogP contribution in [0.25, 0.3) is 0 Å². The number of piperazine rings is 1. The Morgan fingerprint density at radius 1 is 1.00 bits per heavy atom. The summed E-state index contributed by atoms with van der Waals surface area (Å²) in [5, 5.41) is 7.58. The van der Waals surface area contributed by atoms with Crippen LogP contribution in [0.2, 0.25) is 0 Å². The van der Waals surface area contributed by atoms with Crippen molar-refractivity contribution in [2.75, 3.05) is 26.2 Å². The Kier molecular flexibility index (Phi) is 7.93. The number of amides is 2. The maximum Gasteiger partial charge on any atom is 0.309 e. The molecule has 1 aromatic carbocycles. The van der Waals surface area contributed by atoms with Crippen LogP contribution in [0, 0.1) is 0 Å². The number of furan rings is 1. The lowest BCUT2D eigenvalue weighted by Gasteiger charge is -2.41. The summed E-state index contributed by atoms with van der Waals surface area (Å²) in [5.41, 5.74) is 1.32. The van der Waals surface area contributed by atoms with Gasteiger partial charge in [0.05, 0.1) is 18.8 Å². The molecule has 1 aliphatic heterocycles. The van der Waals surface area contributed by atoms with E-state index in [4.69, 9.17) is 4.42 Å². The Hall–Kier alpha value is -2.94. The molecular formula is C25H30N4O3S. The number of carbonyl (C=O) groups is 2. The third kappa shape index (κ3) is 6.31. The van der Waals surface area contributed by atoms with Crippen LogP contribution in [0.5, 0.6) is 0 Å². The summed E-state index contributed by atoms with van der Waals surface area (Å²) in [5.74, 6) is -0.678. The van der Waals surface area contributed by atoms with Gasteiger partial charge in [0.25, 0.3) is 0 Å². The second kappa shape index (κ2) is 11.3. The molecule has 174 valence electrons. The Balaban J connectivity index is 1.34. The summed E-state index contributed by atoms with van der Waals surface area (Å²) in [6.07, 6.45) is 1.54. The molecule has 1 saturated heterocycles. The molecule has 4 rings (SSSR count). The molecule has 0 aliphatic carbocycles. The number of carbonyl (C=O) groups excluding carboxylic acids is 2. The highest BCUT2D eigenvalue weighted by atomic mass is 32.1. The summed E-state index contributed by atoms with van der Waals surface area (Å²) >= 11 is 1.68. The van der Waals surface area contributed by atoms with Crippen LogP contribution in [0.3, 0.4) is 0 Å². The molecule has 1 aliphatic rings. The van der Waals surface area contributed by atoms with Crippen molar-refractivity contribution < 1.29 is 14.0 Å². The van der Waals surface area contributed by atoms with Crippen LogP contribution in [0.1, 0.15) is 29.2 Å². The molecule has 2 N–H and O–H groups in total. The van der Waals surface area contributed by atoms with Crippen LogP contribution >= 0.6 is 11.3 Å². The van der Waals surface area contributed by atoms with E-state index in [9.17, 15) is 9.59 Å². The molecule has 3 heterocycles. The fraction of sp³-hybridized carbons (Fsp3) is 0.360. The highest BCUT2D eigenvalue weighted by Gasteiger charge is 2.31. The Labute approximate surface area is 198 Å². The summed E-state index contributed by atoms with van der Waals surface area (Å²) in [6.45, 7) is 6.83. The first-order valence-corrected chi connectivity index (χ1v) is 12.1. The van der Waals surface area contributed by atoms with Crippen LogP contribution < -0.4 is 10.6 Å². The van der Waals surface area contributed by atoms with Crippen LogP contribution in [-0.2, 0) is 22.7 Å². The number of thiophene rings is 1. The minimum Gasteiger partial charge on any atom is -0.467 e. The standard InChI is InChI=1S/C25H30N4O3S/c1-19(27-25(31)24(30)26-17-21-9-5-15-32-21)23(22-10-6-16-33-22)29-13-11-28(12-14-29)18-20-7-3-2-4-8-20/h2-10,15-16,19,23H,11-14,17-18H2,1H3,(H,26,30)(H,27,31)/t19-,23+/m0/s1. The van der Waals surface area contributed by atoms with E-state index in [0.29, 0.717) is 5.76 Å². The molecule has 2 aromatic heterocycles. The number of hydrogen-bond acceptors (Lipinski definition) is 6. The van der Waals surface area contributed by atoms with Gasteiger partial charge in [-0.3, -0.25) is 19.4 Å². The van der Waals surface area contributed by atoms with Crippen LogP contribution in [0.15, 0.2) is 70.7 Å². The van der Waals surface area contributed by atoms with E-state index in [0.717, 1.165) is 32.7 Å². The van der Waals surface area contributed by atoms with Crippen molar-refractivity contribution in [2.24, 2.45) is 0 Å². The molecule has 8 heteroatoms. The minimum absolute atomic E-state index is 0.0192. The molecule has 0 bridgehead atoms. The largest absolute Gasteiger partial charge is 0.467 e. The quantitative estimate of drug-likeness (QED) is 0.499. The maximum atomic E-state index is 12.5. The zero-order chi connectivity index (χ0) is 23.0. The Morgan fingerprint density at radius 3 is 2.45 bits per heavy atom. The zero-order valence-electron chi connectivity index (χ0n) is 18.8. The predicted molar refractivity (Wildman–Crippen MR) is 129 cm³/mol. The molecule has 0 spiro atoms.